The van der Waals surface area contributed by atoms with E-state index in [2.05, 4.69) is 4.90 Å². The molecule has 0 saturated carbocycles. The van der Waals surface area contributed by atoms with Crippen LogP contribution >= 0.6 is 0 Å². The normalized spacial score (nSPS) is 19.5. The number of hydrogen-bond donors (Lipinski definition) is 2. The summed E-state index contributed by atoms with van der Waals surface area (Å²) in [6.07, 6.45) is 3.59. The zero-order valence-corrected chi connectivity index (χ0v) is 23.7. The SMILES string of the molecule is NC(=O)C1(C(=O)O)c2cccc(OCCN3CCCCC3)c2CCN1S(=O)(=O)c1ccc(Oc2ccc(F)cc2)cc1. The Morgan fingerprint density at radius 3 is 2.19 bits per heavy atom. The van der Waals surface area contributed by atoms with Crippen molar-refractivity contribution in [3.8, 4) is 17.2 Å². The number of carbonyl (C=O) groups excluding carboxylic acids is 1. The quantitative estimate of drug-likeness (QED) is 0.339. The molecule has 42 heavy (non-hydrogen) atoms. The maximum absolute atomic E-state index is 13.9. The highest BCUT2D eigenvalue weighted by Gasteiger charge is 2.59. The third kappa shape index (κ3) is 5.57. The molecule has 5 rings (SSSR count). The van der Waals surface area contributed by atoms with E-state index in [1.807, 2.05) is 0 Å². The lowest BCUT2D eigenvalue weighted by atomic mass is 9.81. The summed E-state index contributed by atoms with van der Waals surface area (Å²) in [6.45, 7) is 2.73. The maximum Gasteiger partial charge on any atom is 0.339 e. The molecule has 1 saturated heterocycles. The molecule has 1 unspecified atom stereocenters. The number of benzene rings is 3. The van der Waals surface area contributed by atoms with Gasteiger partial charge >= 0.3 is 5.97 Å². The second-order valence-corrected chi connectivity index (χ2v) is 12.1. The van der Waals surface area contributed by atoms with E-state index in [9.17, 15) is 27.5 Å². The summed E-state index contributed by atoms with van der Waals surface area (Å²) < 4.78 is 53.3. The topological polar surface area (TPSA) is 139 Å². The number of likely N-dealkylation sites (tertiary alicyclic amines) is 1. The number of halogens is 1. The highest BCUT2D eigenvalue weighted by Crippen LogP contribution is 2.43. The van der Waals surface area contributed by atoms with Gasteiger partial charge in [-0.1, -0.05) is 18.6 Å². The van der Waals surface area contributed by atoms with Crippen LogP contribution in [0.2, 0.25) is 0 Å². The van der Waals surface area contributed by atoms with Gasteiger partial charge in [-0.05, 0) is 86.9 Å². The van der Waals surface area contributed by atoms with Crippen LogP contribution < -0.4 is 15.2 Å². The standard InChI is InChI=1S/C30H32FN3O7S/c31-21-7-9-22(10-8-21)41-23-11-13-24(14-12-23)42(38,39)34-18-15-25-26(30(34,28(32)35)29(36)37)5-4-6-27(25)40-20-19-33-16-2-1-3-17-33/h4-14H,1-3,15-20H2,(H2,32,35)(H,36,37). The molecule has 3 N–H and O–H groups in total. The highest BCUT2D eigenvalue weighted by atomic mass is 32.2. The number of carbonyl (C=O) groups is 2. The van der Waals surface area contributed by atoms with Crippen molar-refractivity contribution in [2.75, 3.05) is 32.8 Å². The molecule has 3 aromatic rings. The van der Waals surface area contributed by atoms with Crippen molar-refractivity contribution < 1.29 is 37.0 Å². The number of amides is 1. The fourth-order valence-corrected chi connectivity index (χ4v) is 7.30. The Bertz CT molecular complexity index is 1540. The minimum Gasteiger partial charge on any atom is -0.492 e. The molecule has 10 nitrogen and oxygen atoms in total. The largest absolute Gasteiger partial charge is 0.492 e. The van der Waals surface area contributed by atoms with Gasteiger partial charge in [-0.25, -0.2) is 17.6 Å². The molecule has 0 radical (unpaired) electrons. The van der Waals surface area contributed by atoms with Crippen LogP contribution in [0.4, 0.5) is 4.39 Å². The van der Waals surface area contributed by atoms with Crippen molar-refractivity contribution in [3.05, 3.63) is 83.7 Å². The summed E-state index contributed by atoms with van der Waals surface area (Å²) in [5.41, 5.74) is 3.44. The Kier molecular flexibility index (Phi) is 8.48. The first-order valence-electron chi connectivity index (χ1n) is 13.7. The monoisotopic (exact) mass is 597 g/mol. The van der Waals surface area contributed by atoms with Crippen LogP contribution in [0.25, 0.3) is 0 Å². The first-order valence-corrected chi connectivity index (χ1v) is 15.1. The summed E-state index contributed by atoms with van der Waals surface area (Å²) in [5.74, 6) is -2.46. The van der Waals surface area contributed by atoms with Crippen molar-refractivity contribution in [3.63, 3.8) is 0 Å². The van der Waals surface area contributed by atoms with E-state index in [1.165, 1.54) is 67.1 Å². The second-order valence-electron chi connectivity index (χ2n) is 10.3. The zero-order valence-electron chi connectivity index (χ0n) is 22.9. The molecule has 1 atom stereocenters. The van der Waals surface area contributed by atoms with E-state index in [0.29, 0.717) is 34.5 Å². The van der Waals surface area contributed by atoms with E-state index in [1.54, 1.807) is 6.07 Å². The minimum absolute atomic E-state index is 0.0379. The first kappa shape index (κ1) is 29.5. The molecule has 2 heterocycles. The van der Waals surface area contributed by atoms with Gasteiger partial charge in [0.15, 0.2) is 0 Å². The van der Waals surface area contributed by atoms with Gasteiger partial charge in [-0.2, -0.15) is 4.31 Å². The van der Waals surface area contributed by atoms with Crippen molar-refractivity contribution in [1.29, 1.82) is 0 Å². The van der Waals surface area contributed by atoms with Crippen LogP contribution in [0.15, 0.2) is 71.6 Å². The number of rotatable bonds is 10. The molecule has 2 aliphatic heterocycles. The fraction of sp³-hybridized carbons (Fsp3) is 0.333. The number of nitrogens with two attached hydrogens (primary N) is 1. The average molecular weight is 598 g/mol. The lowest BCUT2D eigenvalue weighted by Crippen LogP contribution is -2.64. The zero-order chi connectivity index (χ0) is 29.9. The summed E-state index contributed by atoms with van der Waals surface area (Å²) in [6, 6.07) is 15.2. The van der Waals surface area contributed by atoms with Crippen molar-refractivity contribution in [2.45, 2.75) is 36.1 Å². The van der Waals surface area contributed by atoms with Crippen molar-refractivity contribution in [1.82, 2.24) is 9.21 Å². The summed E-state index contributed by atoms with van der Waals surface area (Å²) in [5, 5.41) is 10.5. The lowest BCUT2D eigenvalue weighted by Gasteiger charge is -2.42. The Labute approximate surface area is 243 Å². The predicted octanol–water partition coefficient (Wildman–Crippen LogP) is 3.49. The molecule has 12 heteroatoms. The van der Waals surface area contributed by atoms with Crippen LogP contribution in [0.5, 0.6) is 17.2 Å². The number of nitrogens with zero attached hydrogens (tertiary/aromatic N) is 2. The van der Waals surface area contributed by atoms with E-state index < -0.39 is 33.3 Å². The van der Waals surface area contributed by atoms with Crippen molar-refractivity contribution in [2.24, 2.45) is 5.73 Å². The van der Waals surface area contributed by atoms with Gasteiger partial charge < -0.3 is 20.3 Å². The van der Waals surface area contributed by atoms with Crippen LogP contribution in [0, 0.1) is 5.82 Å². The van der Waals surface area contributed by atoms with E-state index >= 15 is 0 Å². The Balaban J connectivity index is 1.44. The minimum atomic E-state index is -4.54. The van der Waals surface area contributed by atoms with Gasteiger partial charge in [0.05, 0.1) is 4.90 Å². The molecular formula is C30H32FN3O7S. The number of primary amides is 1. The molecule has 2 aliphatic rings. The number of carboxylic acids is 1. The molecule has 0 aliphatic carbocycles. The third-order valence-corrected chi connectivity index (χ3v) is 9.61. The van der Waals surface area contributed by atoms with Gasteiger partial charge in [0.25, 0.3) is 5.91 Å². The molecular weight excluding hydrogens is 565 g/mol. The predicted molar refractivity (Wildman–Crippen MR) is 151 cm³/mol. The lowest BCUT2D eigenvalue weighted by molar-refractivity contribution is -0.155. The van der Waals surface area contributed by atoms with Gasteiger partial charge in [0.1, 0.15) is 29.7 Å². The highest BCUT2D eigenvalue weighted by molar-refractivity contribution is 7.89. The van der Waals surface area contributed by atoms with Crippen LogP contribution in [0.3, 0.4) is 0 Å². The van der Waals surface area contributed by atoms with Gasteiger partial charge in [-0.15, -0.1) is 0 Å². The molecule has 3 aromatic carbocycles. The van der Waals surface area contributed by atoms with Gasteiger partial charge in [0.2, 0.25) is 15.6 Å². The molecule has 0 spiro atoms. The van der Waals surface area contributed by atoms with Crippen molar-refractivity contribution >= 4 is 21.9 Å². The van der Waals surface area contributed by atoms with Gasteiger partial charge in [0, 0.05) is 24.2 Å². The second kappa shape index (κ2) is 12.1. The Hall–Kier alpha value is -4.00. The summed E-state index contributed by atoms with van der Waals surface area (Å²) in [7, 11) is -4.54. The third-order valence-electron chi connectivity index (χ3n) is 7.70. The number of piperidine rings is 1. The Morgan fingerprint density at radius 1 is 0.929 bits per heavy atom. The number of aliphatic carboxylic acids is 1. The Morgan fingerprint density at radius 2 is 1.57 bits per heavy atom. The van der Waals surface area contributed by atoms with Crippen LogP contribution in [-0.2, 0) is 31.6 Å². The molecule has 1 fully saturated rings. The molecule has 1 amide bonds. The smallest absolute Gasteiger partial charge is 0.339 e. The first-order chi connectivity index (χ1) is 20.1. The molecule has 0 aromatic heterocycles. The van der Waals surface area contributed by atoms with E-state index in [0.717, 1.165) is 25.9 Å². The summed E-state index contributed by atoms with van der Waals surface area (Å²) in [4.78, 5) is 28.0. The number of fused-ring (bicyclic) bond motifs is 1. The number of ether oxygens (including phenoxy) is 2. The molecule has 0 bridgehead atoms. The van der Waals surface area contributed by atoms with Crippen LogP contribution in [-0.4, -0.2) is 67.4 Å². The summed E-state index contributed by atoms with van der Waals surface area (Å²) >= 11 is 0. The average Bonchev–Trinajstić information content (AvgIpc) is 2.98. The van der Waals surface area contributed by atoms with E-state index in [-0.39, 0.29) is 29.2 Å². The van der Waals surface area contributed by atoms with Gasteiger partial charge in [-0.3, -0.25) is 9.69 Å². The fourth-order valence-electron chi connectivity index (χ4n) is 5.61. The van der Waals surface area contributed by atoms with Crippen LogP contribution in [0.1, 0.15) is 30.4 Å². The molecule has 222 valence electrons. The number of hydrogen-bond acceptors (Lipinski definition) is 7. The van der Waals surface area contributed by atoms with E-state index in [4.69, 9.17) is 15.2 Å². The maximum atomic E-state index is 13.9. The number of carboxylic acid groups (broad SMARTS) is 1. The number of sulfonamides is 1.